The number of amides is 1. The summed E-state index contributed by atoms with van der Waals surface area (Å²) in [6.45, 7) is 3.07. The Morgan fingerprint density at radius 3 is 2.96 bits per heavy atom. The van der Waals surface area contributed by atoms with Crippen LogP contribution in [0, 0.1) is 0 Å². The van der Waals surface area contributed by atoms with E-state index >= 15 is 0 Å². The van der Waals surface area contributed by atoms with E-state index in [9.17, 15) is 4.79 Å². The molecule has 6 nitrogen and oxygen atoms in total. The van der Waals surface area contributed by atoms with Gasteiger partial charge in [0.05, 0.1) is 6.04 Å². The lowest BCUT2D eigenvalue weighted by Gasteiger charge is -2.35. The highest BCUT2D eigenvalue weighted by Crippen LogP contribution is 2.36. The Kier molecular flexibility index (Phi) is 4.66. The lowest BCUT2D eigenvalue weighted by Crippen LogP contribution is -2.34. The Hall–Kier alpha value is -1.89. The first-order valence-electron chi connectivity index (χ1n) is 8.12. The van der Waals surface area contributed by atoms with E-state index in [1.54, 1.807) is 7.05 Å². The first-order chi connectivity index (χ1) is 11.2. The number of carbonyl (C=O) groups excluding carboxylic acids is 1. The zero-order valence-electron chi connectivity index (χ0n) is 13.9. The van der Waals surface area contributed by atoms with Crippen LogP contribution in [0.4, 0.5) is 5.13 Å². The highest BCUT2D eigenvalue weighted by atomic mass is 32.1. The van der Waals surface area contributed by atoms with Crippen molar-refractivity contribution in [1.82, 2.24) is 19.2 Å². The smallest absolute Gasteiger partial charge is 0.267 e. The quantitative estimate of drug-likeness (QED) is 0.934. The van der Waals surface area contributed by atoms with Crippen molar-refractivity contribution in [1.29, 1.82) is 0 Å². The van der Waals surface area contributed by atoms with Gasteiger partial charge in [-0.2, -0.15) is 4.37 Å². The summed E-state index contributed by atoms with van der Waals surface area (Å²) in [6.07, 6.45) is 4.30. The second kappa shape index (κ2) is 6.70. The maximum absolute atomic E-state index is 12.0. The van der Waals surface area contributed by atoms with Crippen molar-refractivity contribution in [3.8, 4) is 0 Å². The van der Waals surface area contributed by atoms with E-state index in [0.29, 0.717) is 5.69 Å². The average Bonchev–Trinajstić information content (AvgIpc) is 3.21. The van der Waals surface area contributed by atoms with Crippen LogP contribution in [0.15, 0.2) is 12.1 Å². The third-order valence-electron chi connectivity index (χ3n) is 4.48. The zero-order valence-corrected chi connectivity index (χ0v) is 14.7. The minimum Gasteiger partial charge on any atom is -0.354 e. The van der Waals surface area contributed by atoms with Gasteiger partial charge < -0.3 is 14.8 Å². The summed E-state index contributed by atoms with van der Waals surface area (Å²) in [5.74, 6) is 0.859. The van der Waals surface area contributed by atoms with Crippen LogP contribution >= 0.6 is 11.5 Å². The number of nitrogens with one attached hydrogen (secondary N) is 1. The Labute approximate surface area is 140 Å². The molecule has 0 bridgehead atoms. The minimum absolute atomic E-state index is 0.0507. The lowest BCUT2D eigenvalue weighted by molar-refractivity contribution is 0.0954. The van der Waals surface area contributed by atoms with Gasteiger partial charge in [0.15, 0.2) is 0 Å². The van der Waals surface area contributed by atoms with E-state index in [4.69, 9.17) is 0 Å². The van der Waals surface area contributed by atoms with Gasteiger partial charge in [-0.3, -0.25) is 4.79 Å². The molecule has 0 spiro atoms. The summed E-state index contributed by atoms with van der Waals surface area (Å²) >= 11 is 1.48. The Morgan fingerprint density at radius 1 is 1.43 bits per heavy atom. The molecule has 124 valence electrons. The number of nitrogens with zero attached hydrogens (tertiary/aromatic N) is 4. The molecule has 2 aromatic rings. The largest absolute Gasteiger partial charge is 0.354 e. The number of piperidine rings is 1. The average molecular weight is 333 g/mol. The van der Waals surface area contributed by atoms with Crippen LogP contribution in [0.5, 0.6) is 0 Å². The molecule has 1 amide bonds. The van der Waals surface area contributed by atoms with E-state index in [0.717, 1.165) is 36.0 Å². The fourth-order valence-corrected chi connectivity index (χ4v) is 4.02. The third kappa shape index (κ3) is 2.97. The summed E-state index contributed by atoms with van der Waals surface area (Å²) in [6, 6.07) is 4.22. The first-order valence-corrected chi connectivity index (χ1v) is 8.90. The standard InChI is InChI=1S/C16H23N5OS/c1-4-14-18-16(23-19-14)21-10-6-5-7-12(21)11-8-9-13(20(11)3)15(22)17-2/h8-9,12H,4-7,10H2,1-3H3,(H,17,22). The van der Waals surface area contributed by atoms with E-state index in [1.807, 2.05) is 17.7 Å². The minimum atomic E-state index is -0.0507. The van der Waals surface area contributed by atoms with E-state index < -0.39 is 0 Å². The number of hydrogen-bond acceptors (Lipinski definition) is 5. The number of aromatic nitrogens is 3. The van der Waals surface area contributed by atoms with Gasteiger partial charge in [0.25, 0.3) is 5.91 Å². The second-order valence-electron chi connectivity index (χ2n) is 5.83. The van der Waals surface area contributed by atoms with Gasteiger partial charge in [0.2, 0.25) is 5.13 Å². The van der Waals surface area contributed by atoms with Crippen LogP contribution in [-0.2, 0) is 13.5 Å². The lowest BCUT2D eigenvalue weighted by atomic mass is 10.00. The van der Waals surface area contributed by atoms with Crippen LogP contribution in [0.2, 0.25) is 0 Å². The molecule has 1 aliphatic rings. The van der Waals surface area contributed by atoms with Crippen molar-refractivity contribution in [2.45, 2.75) is 38.6 Å². The molecule has 1 atom stereocenters. The normalized spacial score (nSPS) is 18.2. The van der Waals surface area contributed by atoms with Gasteiger partial charge in [-0.05, 0) is 31.4 Å². The SMILES string of the molecule is CCc1nsc(N2CCCCC2c2ccc(C(=O)NC)n2C)n1. The molecule has 0 saturated carbocycles. The summed E-state index contributed by atoms with van der Waals surface area (Å²) < 4.78 is 6.43. The Morgan fingerprint density at radius 2 is 2.26 bits per heavy atom. The highest BCUT2D eigenvalue weighted by molar-refractivity contribution is 7.09. The van der Waals surface area contributed by atoms with Crippen LogP contribution in [0.3, 0.4) is 0 Å². The topological polar surface area (TPSA) is 63.1 Å². The fourth-order valence-electron chi connectivity index (χ4n) is 3.19. The van der Waals surface area contributed by atoms with Crippen molar-refractivity contribution >= 4 is 22.6 Å². The van der Waals surface area contributed by atoms with Crippen LogP contribution < -0.4 is 10.2 Å². The molecule has 0 aliphatic carbocycles. The van der Waals surface area contributed by atoms with Gasteiger partial charge in [0.1, 0.15) is 11.5 Å². The van der Waals surface area contributed by atoms with Crippen LogP contribution in [0.25, 0.3) is 0 Å². The molecule has 0 aromatic carbocycles. The molecule has 2 aromatic heterocycles. The van der Waals surface area contributed by atoms with Crippen molar-refractivity contribution in [3.05, 3.63) is 29.3 Å². The molecule has 1 fully saturated rings. The van der Waals surface area contributed by atoms with Crippen molar-refractivity contribution < 1.29 is 4.79 Å². The molecule has 1 saturated heterocycles. The predicted molar refractivity (Wildman–Crippen MR) is 92.0 cm³/mol. The Bertz CT molecular complexity index is 692. The number of carbonyl (C=O) groups is 1. The molecule has 1 aliphatic heterocycles. The van der Waals surface area contributed by atoms with E-state index in [2.05, 4.69) is 32.6 Å². The predicted octanol–water partition coefficient (Wildman–Crippen LogP) is 2.53. The third-order valence-corrected chi connectivity index (χ3v) is 5.27. The zero-order chi connectivity index (χ0) is 16.4. The van der Waals surface area contributed by atoms with Crippen LogP contribution in [-0.4, -0.2) is 33.4 Å². The Balaban J connectivity index is 1.92. The first kappa shape index (κ1) is 16.0. The van der Waals surface area contributed by atoms with Gasteiger partial charge in [-0.1, -0.05) is 6.92 Å². The number of rotatable bonds is 4. The number of hydrogen-bond donors (Lipinski definition) is 1. The van der Waals surface area contributed by atoms with Gasteiger partial charge in [-0.15, -0.1) is 0 Å². The molecule has 3 heterocycles. The molecule has 1 unspecified atom stereocenters. The summed E-state index contributed by atoms with van der Waals surface area (Å²) in [4.78, 5) is 19.0. The highest BCUT2D eigenvalue weighted by Gasteiger charge is 2.29. The molecule has 1 N–H and O–H groups in total. The fraction of sp³-hybridized carbons (Fsp3) is 0.562. The summed E-state index contributed by atoms with van der Waals surface area (Å²) in [5.41, 5.74) is 1.86. The summed E-state index contributed by atoms with van der Waals surface area (Å²) in [7, 11) is 3.62. The molecule has 7 heteroatoms. The maximum Gasteiger partial charge on any atom is 0.267 e. The van der Waals surface area contributed by atoms with Crippen molar-refractivity contribution in [3.63, 3.8) is 0 Å². The summed E-state index contributed by atoms with van der Waals surface area (Å²) in [5, 5.41) is 3.69. The molecular formula is C16H23N5OS. The van der Waals surface area contributed by atoms with Crippen molar-refractivity contribution in [2.24, 2.45) is 7.05 Å². The van der Waals surface area contributed by atoms with Gasteiger partial charge in [0, 0.05) is 44.3 Å². The number of aryl methyl sites for hydroxylation is 1. The van der Waals surface area contributed by atoms with Gasteiger partial charge >= 0.3 is 0 Å². The molecule has 0 radical (unpaired) electrons. The van der Waals surface area contributed by atoms with Crippen molar-refractivity contribution in [2.75, 3.05) is 18.5 Å². The number of anilines is 1. The van der Waals surface area contributed by atoms with E-state index in [-0.39, 0.29) is 11.9 Å². The van der Waals surface area contributed by atoms with Crippen LogP contribution in [0.1, 0.15) is 54.2 Å². The van der Waals surface area contributed by atoms with Gasteiger partial charge in [-0.25, -0.2) is 4.98 Å². The second-order valence-corrected chi connectivity index (χ2v) is 6.56. The molecule has 3 rings (SSSR count). The monoisotopic (exact) mass is 333 g/mol. The van der Waals surface area contributed by atoms with E-state index in [1.165, 1.54) is 24.4 Å². The molecule has 23 heavy (non-hydrogen) atoms. The maximum atomic E-state index is 12.0. The molecular weight excluding hydrogens is 310 g/mol.